The summed E-state index contributed by atoms with van der Waals surface area (Å²) in [4.78, 5) is 8.68. The van der Waals surface area contributed by atoms with Crippen molar-refractivity contribution in [3.05, 3.63) is 24.3 Å². The number of hydrogen-bond donors (Lipinski definition) is 0. The lowest BCUT2D eigenvalue weighted by molar-refractivity contribution is 0.684. The summed E-state index contributed by atoms with van der Waals surface area (Å²) in [5.41, 5.74) is 2.00. The van der Waals surface area contributed by atoms with E-state index in [1.165, 1.54) is 12.8 Å². The van der Waals surface area contributed by atoms with E-state index in [1.807, 2.05) is 19.2 Å². The van der Waals surface area contributed by atoms with Crippen molar-refractivity contribution in [3.8, 4) is 6.07 Å². The summed E-state index contributed by atoms with van der Waals surface area (Å²) in [6.45, 7) is 1.90. The average molecular weight is 212 g/mol. The lowest BCUT2D eigenvalue weighted by Crippen LogP contribution is -2.04. The van der Waals surface area contributed by atoms with E-state index in [-0.39, 0.29) is 5.92 Å². The molecule has 80 valence electrons. The van der Waals surface area contributed by atoms with Gasteiger partial charge in [-0.3, -0.25) is 4.98 Å². The molecule has 3 rings (SSSR count). The van der Waals surface area contributed by atoms with Crippen LogP contribution < -0.4 is 0 Å². The first-order valence-corrected chi connectivity index (χ1v) is 5.52. The van der Waals surface area contributed by atoms with Gasteiger partial charge in [-0.1, -0.05) is 0 Å². The molecule has 1 atom stereocenters. The van der Waals surface area contributed by atoms with Gasteiger partial charge in [-0.25, -0.2) is 4.98 Å². The molecule has 4 nitrogen and oxygen atoms in total. The van der Waals surface area contributed by atoms with Crippen LogP contribution in [0.5, 0.6) is 0 Å². The van der Waals surface area contributed by atoms with Gasteiger partial charge in [0.05, 0.1) is 23.3 Å². The minimum absolute atomic E-state index is 0.159. The van der Waals surface area contributed by atoms with E-state index in [9.17, 15) is 0 Å². The first-order chi connectivity index (χ1) is 7.81. The Balaban J connectivity index is 2.27. The molecule has 2 heterocycles. The highest BCUT2D eigenvalue weighted by Gasteiger charge is 2.29. The SMILES string of the molecule is CC(C#N)c1nc2ccncc2n1C1CC1. The summed E-state index contributed by atoms with van der Waals surface area (Å²) >= 11 is 0. The Morgan fingerprint density at radius 1 is 1.56 bits per heavy atom. The Bertz CT molecular complexity index is 574. The van der Waals surface area contributed by atoms with Gasteiger partial charge < -0.3 is 4.57 Å². The van der Waals surface area contributed by atoms with Crippen molar-refractivity contribution in [2.45, 2.75) is 31.7 Å². The van der Waals surface area contributed by atoms with Crippen LogP contribution in [-0.2, 0) is 0 Å². The van der Waals surface area contributed by atoms with Gasteiger partial charge in [0.15, 0.2) is 0 Å². The van der Waals surface area contributed by atoms with E-state index in [0.29, 0.717) is 6.04 Å². The van der Waals surface area contributed by atoms with Crippen molar-refractivity contribution in [3.63, 3.8) is 0 Å². The van der Waals surface area contributed by atoms with Crippen molar-refractivity contribution in [1.29, 1.82) is 5.26 Å². The fourth-order valence-corrected chi connectivity index (χ4v) is 2.04. The third-order valence-corrected chi connectivity index (χ3v) is 3.01. The van der Waals surface area contributed by atoms with Gasteiger partial charge in [-0.2, -0.15) is 5.26 Å². The van der Waals surface area contributed by atoms with Crippen molar-refractivity contribution < 1.29 is 0 Å². The molecule has 1 aliphatic rings. The predicted octanol–water partition coefficient (Wildman–Crippen LogP) is 2.39. The van der Waals surface area contributed by atoms with Gasteiger partial charge in [0.2, 0.25) is 0 Å². The Morgan fingerprint density at radius 3 is 3.06 bits per heavy atom. The Morgan fingerprint density at radius 2 is 2.38 bits per heavy atom. The summed E-state index contributed by atoms with van der Waals surface area (Å²) in [5, 5.41) is 9.02. The van der Waals surface area contributed by atoms with E-state index in [1.54, 1.807) is 6.20 Å². The van der Waals surface area contributed by atoms with Gasteiger partial charge in [0, 0.05) is 12.2 Å². The molecule has 16 heavy (non-hydrogen) atoms. The van der Waals surface area contributed by atoms with Crippen molar-refractivity contribution in [1.82, 2.24) is 14.5 Å². The molecule has 1 saturated carbocycles. The van der Waals surface area contributed by atoms with E-state index < -0.39 is 0 Å². The largest absolute Gasteiger partial charge is 0.322 e. The van der Waals surface area contributed by atoms with Crippen molar-refractivity contribution >= 4 is 11.0 Å². The molecular formula is C12H12N4. The van der Waals surface area contributed by atoms with Crippen LogP contribution in [0.25, 0.3) is 11.0 Å². The molecule has 1 fully saturated rings. The number of rotatable bonds is 2. The van der Waals surface area contributed by atoms with Crippen LogP contribution in [0.2, 0.25) is 0 Å². The minimum Gasteiger partial charge on any atom is -0.322 e. The van der Waals surface area contributed by atoms with Crippen LogP contribution in [0, 0.1) is 11.3 Å². The van der Waals surface area contributed by atoms with Crippen LogP contribution >= 0.6 is 0 Å². The molecule has 2 aromatic rings. The normalized spacial score (nSPS) is 17.2. The maximum atomic E-state index is 9.02. The average Bonchev–Trinajstić information content (AvgIpc) is 3.08. The molecule has 2 aromatic heterocycles. The third-order valence-electron chi connectivity index (χ3n) is 3.01. The van der Waals surface area contributed by atoms with E-state index in [2.05, 4.69) is 20.6 Å². The summed E-state index contributed by atoms with van der Waals surface area (Å²) in [6, 6.07) is 4.69. The maximum Gasteiger partial charge on any atom is 0.127 e. The topological polar surface area (TPSA) is 54.5 Å². The van der Waals surface area contributed by atoms with Gasteiger partial charge >= 0.3 is 0 Å². The lowest BCUT2D eigenvalue weighted by atomic mass is 10.2. The van der Waals surface area contributed by atoms with Crippen molar-refractivity contribution in [2.75, 3.05) is 0 Å². The van der Waals surface area contributed by atoms with E-state index in [4.69, 9.17) is 5.26 Å². The van der Waals surface area contributed by atoms with Crippen LogP contribution in [0.15, 0.2) is 18.5 Å². The lowest BCUT2D eigenvalue weighted by Gasteiger charge is -2.07. The zero-order valence-electron chi connectivity index (χ0n) is 9.09. The van der Waals surface area contributed by atoms with Crippen LogP contribution in [0.3, 0.4) is 0 Å². The molecule has 0 aromatic carbocycles. The highest BCUT2D eigenvalue weighted by atomic mass is 15.1. The number of hydrogen-bond acceptors (Lipinski definition) is 3. The minimum atomic E-state index is -0.159. The monoisotopic (exact) mass is 212 g/mol. The van der Waals surface area contributed by atoms with Crippen LogP contribution in [-0.4, -0.2) is 14.5 Å². The standard InChI is InChI=1S/C12H12N4/c1-8(6-13)12-15-10-4-5-14-7-11(10)16(12)9-2-3-9/h4-5,7-9H,2-3H2,1H3. The molecular weight excluding hydrogens is 200 g/mol. The zero-order chi connectivity index (χ0) is 11.1. The number of pyridine rings is 1. The molecule has 1 aliphatic carbocycles. The van der Waals surface area contributed by atoms with Crippen molar-refractivity contribution in [2.24, 2.45) is 0 Å². The molecule has 0 N–H and O–H groups in total. The summed E-state index contributed by atoms with van der Waals surface area (Å²) in [6.07, 6.45) is 5.96. The van der Waals surface area contributed by atoms with E-state index in [0.717, 1.165) is 16.9 Å². The Kier molecular flexibility index (Phi) is 1.93. The fourth-order valence-electron chi connectivity index (χ4n) is 2.04. The smallest absolute Gasteiger partial charge is 0.127 e. The zero-order valence-corrected chi connectivity index (χ0v) is 9.09. The molecule has 0 radical (unpaired) electrons. The number of nitriles is 1. The Hall–Kier alpha value is -1.89. The number of imidazole rings is 1. The second-order valence-corrected chi connectivity index (χ2v) is 4.29. The second-order valence-electron chi connectivity index (χ2n) is 4.29. The third kappa shape index (κ3) is 1.28. The molecule has 1 unspecified atom stereocenters. The molecule has 0 amide bonds. The predicted molar refractivity (Wildman–Crippen MR) is 59.8 cm³/mol. The molecule has 4 heteroatoms. The van der Waals surface area contributed by atoms with Gasteiger partial charge in [0.25, 0.3) is 0 Å². The van der Waals surface area contributed by atoms with Gasteiger partial charge in [-0.15, -0.1) is 0 Å². The number of nitrogens with zero attached hydrogens (tertiary/aromatic N) is 4. The quantitative estimate of drug-likeness (QED) is 0.768. The molecule has 0 aliphatic heterocycles. The van der Waals surface area contributed by atoms with Crippen LogP contribution in [0.4, 0.5) is 0 Å². The first kappa shape index (κ1) is 9.34. The summed E-state index contributed by atoms with van der Waals surface area (Å²) < 4.78 is 2.19. The molecule has 0 bridgehead atoms. The number of fused-ring (bicyclic) bond motifs is 1. The summed E-state index contributed by atoms with van der Waals surface area (Å²) in [5.74, 6) is 0.723. The highest BCUT2D eigenvalue weighted by molar-refractivity contribution is 5.75. The first-order valence-electron chi connectivity index (χ1n) is 5.52. The Labute approximate surface area is 93.5 Å². The fraction of sp³-hybridized carbons (Fsp3) is 0.417. The molecule has 0 saturated heterocycles. The van der Waals surface area contributed by atoms with Gasteiger partial charge in [0.1, 0.15) is 11.7 Å². The van der Waals surface area contributed by atoms with Gasteiger partial charge in [-0.05, 0) is 25.8 Å². The molecule has 0 spiro atoms. The van der Waals surface area contributed by atoms with E-state index >= 15 is 0 Å². The van der Waals surface area contributed by atoms with Crippen LogP contribution in [0.1, 0.15) is 37.5 Å². The summed E-state index contributed by atoms with van der Waals surface area (Å²) in [7, 11) is 0. The highest BCUT2D eigenvalue weighted by Crippen LogP contribution is 2.39. The maximum absolute atomic E-state index is 9.02. The number of aromatic nitrogens is 3. The second kappa shape index (κ2) is 3.31.